The van der Waals surface area contributed by atoms with Crippen LogP contribution in [-0.4, -0.2) is 5.97 Å². The van der Waals surface area contributed by atoms with Gasteiger partial charge in [-0.15, -0.1) is 0 Å². The van der Waals surface area contributed by atoms with Gasteiger partial charge >= 0.3 is 29.6 Å². The van der Waals surface area contributed by atoms with Crippen LogP contribution in [0.5, 0.6) is 0 Å². The number of carbonyl (C=O) groups excluding carboxylic acids is 1. The minimum absolute atomic E-state index is 0. The normalized spacial score (nSPS) is 7.67. The van der Waals surface area contributed by atoms with E-state index >= 15 is 0 Å². The third-order valence-corrected chi connectivity index (χ3v) is 0.840. The van der Waals surface area contributed by atoms with Crippen molar-refractivity contribution in [3.63, 3.8) is 0 Å². The van der Waals surface area contributed by atoms with E-state index in [1.165, 1.54) is 0 Å². The third-order valence-electron chi connectivity index (χ3n) is 0.840. The van der Waals surface area contributed by atoms with Crippen LogP contribution < -0.4 is 34.7 Å². The van der Waals surface area contributed by atoms with Crippen molar-refractivity contribution in [1.29, 1.82) is 0 Å². The van der Waals surface area contributed by atoms with Gasteiger partial charge in [0.2, 0.25) is 0 Å². The number of carbonyl (C=O) groups is 1. The first-order valence-electron chi connectivity index (χ1n) is 2.57. The number of carboxylic acid groups (broad SMARTS) is 1. The van der Waals surface area contributed by atoms with Gasteiger partial charge in [0.15, 0.2) is 0 Å². The maximum absolute atomic E-state index is 9.88. The predicted molar refractivity (Wildman–Crippen MR) is 29.1 cm³/mol. The van der Waals surface area contributed by atoms with Crippen molar-refractivity contribution >= 4 is 5.97 Å². The zero-order chi connectivity index (χ0) is 6.57. The van der Waals surface area contributed by atoms with Gasteiger partial charge in [0, 0.05) is 0 Å². The molecule has 9 heavy (non-hydrogen) atoms. The van der Waals surface area contributed by atoms with Gasteiger partial charge in [-0.1, -0.05) is 19.9 Å². The second-order valence-electron chi connectivity index (χ2n) is 1.64. The maximum Gasteiger partial charge on any atom is 1.00 e. The van der Waals surface area contributed by atoms with Crippen molar-refractivity contribution < 1.29 is 39.5 Å². The van der Waals surface area contributed by atoms with Gasteiger partial charge in [-0.05, 0) is 12.0 Å². The first kappa shape index (κ1) is 11.9. The van der Waals surface area contributed by atoms with E-state index in [1.807, 2.05) is 6.92 Å². The summed E-state index contributed by atoms with van der Waals surface area (Å²) in [4.78, 5) is 9.88. The summed E-state index contributed by atoms with van der Waals surface area (Å²) in [5.74, 6) is -1.13. The third kappa shape index (κ3) is 6.09. The molecule has 0 aromatic carbocycles. The summed E-state index contributed by atoms with van der Waals surface area (Å²) in [6.45, 7) is 5.18. The van der Waals surface area contributed by atoms with Crippen molar-refractivity contribution in [3.05, 3.63) is 12.2 Å². The Labute approximate surface area is 77.2 Å². The molecule has 0 saturated carbocycles. The van der Waals surface area contributed by atoms with E-state index in [4.69, 9.17) is 0 Å². The molecule has 0 aromatic rings. The summed E-state index contributed by atoms with van der Waals surface area (Å²) in [5, 5.41) is 9.88. The molecule has 0 atom stereocenters. The van der Waals surface area contributed by atoms with Gasteiger partial charge in [0.1, 0.15) is 0 Å². The minimum Gasteiger partial charge on any atom is -0.545 e. The molecule has 0 bridgehead atoms. The standard InChI is InChI=1S/C6H10O2.Na/c1-3-4-5(2)6(7)8;/h2-4H2,1H3,(H,7,8);/q;+1/p-1. The van der Waals surface area contributed by atoms with E-state index in [0.29, 0.717) is 6.42 Å². The van der Waals surface area contributed by atoms with Crippen LogP contribution in [0.2, 0.25) is 0 Å². The van der Waals surface area contributed by atoms with Gasteiger partial charge in [-0.25, -0.2) is 0 Å². The number of aliphatic carboxylic acids is 1. The second-order valence-corrected chi connectivity index (χ2v) is 1.64. The van der Waals surface area contributed by atoms with Crippen LogP contribution in [0.1, 0.15) is 19.8 Å². The average molecular weight is 136 g/mol. The van der Waals surface area contributed by atoms with Crippen molar-refractivity contribution in [2.75, 3.05) is 0 Å². The van der Waals surface area contributed by atoms with Gasteiger partial charge in [0.25, 0.3) is 0 Å². The topological polar surface area (TPSA) is 40.1 Å². The Morgan fingerprint density at radius 1 is 1.67 bits per heavy atom. The Balaban J connectivity index is 0. The zero-order valence-corrected chi connectivity index (χ0v) is 7.94. The summed E-state index contributed by atoms with van der Waals surface area (Å²) < 4.78 is 0. The number of hydrogen-bond acceptors (Lipinski definition) is 2. The Kier molecular flexibility index (Phi) is 8.40. The van der Waals surface area contributed by atoms with Crippen molar-refractivity contribution in [2.24, 2.45) is 0 Å². The van der Waals surface area contributed by atoms with Crippen LogP contribution >= 0.6 is 0 Å². The first-order chi connectivity index (χ1) is 3.68. The van der Waals surface area contributed by atoms with Gasteiger partial charge in [-0.2, -0.15) is 0 Å². The largest absolute Gasteiger partial charge is 1.00 e. The van der Waals surface area contributed by atoms with E-state index < -0.39 is 5.97 Å². The fourth-order valence-electron chi connectivity index (χ4n) is 0.404. The number of hydrogen-bond donors (Lipinski definition) is 0. The van der Waals surface area contributed by atoms with Gasteiger partial charge < -0.3 is 9.90 Å². The summed E-state index contributed by atoms with van der Waals surface area (Å²) >= 11 is 0. The van der Waals surface area contributed by atoms with Crippen LogP contribution in [0.15, 0.2) is 12.2 Å². The fraction of sp³-hybridized carbons (Fsp3) is 0.500. The molecule has 2 nitrogen and oxygen atoms in total. The summed E-state index contributed by atoms with van der Waals surface area (Å²) in [6, 6.07) is 0. The molecule has 0 aromatic heterocycles. The van der Waals surface area contributed by atoms with Crippen LogP contribution in [0.3, 0.4) is 0 Å². The molecule has 0 aliphatic carbocycles. The molecule has 0 N–H and O–H groups in total. The van der Waals surface area contributed by atoms with E-state index in [0.717, 1.165) is 6.42 Å². The molecule has 0 saturated heterocycles. The second kappa shape index (κ2) is 6.33. The Morgan fingerprint density at radius 3 is 2.22 bits per heavy atom. The molecule has 0 spiro atoms. The average Bonchev–Trinajstić information content (AvgIpc) is 1.67. The quantitative estimate of drug-likeness (QED) is 0.308. The molecule has 0 aliphatic heterocycles. The van der Waals surface area contributed by atoms with Crippen LogP contribution in [0, 0.1) is 0 Å². The smallest absolute Gasteiger partial charge is 0.545 e. The van der Waals surface area contributed by atoms with E-state index in [9.17, 15) is 9.90 Å². The van der Waals surface area contributed by atoms with Crippen molar-refractivity contribution in [3.8, 4) is 0 Å². The molecule has 0 aliphatic rings. The Morgan fingerprint density at radius 2 is 2.11 bits per heavy atom. The van der Waals surface area contributed by atoms with E-state index in [2.05, 4.69) is 6.58 Å². The van der Waals surface area contributed by atoms with E-state index in [-0.39, 0.29) is 35.1 Å². The summed E-state index contributed by atoms with van der Waals surface area (Å²) in [6.07, 6.45) is 1.34. The van der Waals surface area contributed by atoms with Gasteiger partial charge in [-0.3, -0.25) is 0 Å². The van der Waals surface area contributed by atoms with Crippen LogP contribution in [0.25, 0.3) is 0 Å². The number of rotatable bonds is 3. The zero-order valence-electron chi connectivity index (χ0n) is 5.94. The van der Waals surface area contributed by atoms with Crippen molar-refractivity contribution in [2.45, 2.75) is 19.8 Å². The molecule has 0 unspecified atom stereocenters. The molecule has 0 radical (unpaired) electrons. The molecular formula is C6H9NaO2. The molecule has 0 amide bonds. The Bertz CT molecular complexity index is 110. The molecule has 0 rings (SSSR count). The first-order valence-corrected chi connectivity index (χ1v) is 2.57. The molecule has 0 heterocycles. The maximum atomic E-state index is 9.88. The van der Waals surface area contributed by atoms with Crippen LogP contribution in [0.4, 0.5) is 0 Å². The summed E-state index contributed by atoms with van der Waals surface area (Å²) in [7, 11) is 0. The molecule has 3 heteroatoms. The summed E-state index contributed by atoms with van der Waals surface area (Å²) in [5.41, 5.74) is 0.188. The molecule has 46 valence electrons. The van der Waals surface area contributed by atoms with Crippen LogP contribution in [-0.2, 0) is 4.79 Å². The monoisotopic (exact) mass is 136 g/mol. The molecule has 0 fully saturated rings. The SMILES string of the molecule is C=C(CCC)C(=O)[O-].[Na+]. The number of carboxylic acids is 1. The predicted octanol–water partition coefficient (Wildman–Crippen LogP) is -2.90. The van der Waals surface area contributed by atoms with E-state index in [1.54, 1.807) is 0 Å². The van der Waals surface area contributed by atoms with Crippen molar-refractivity contribution in [1.82, 2.24) is 0 Å². The minimum atomic E-state index is -1.13. The molecular weight excluding hydrogens is 127 g/mol. The fourth-order valence-corrected chi connectivity index (χ4v) is 0.404. The Hall–Kier alpha value is 0.210. The van der Waals surface area contributed by atoms with Gasteiger partial charge in [0.05, 0.1) is 5.97 Å².